The Morgan fingerprint density at radius 1 is 1.39 bits per heavy atom. The molecule has 1 aliphatic heterocycles. The predicted molar refractivity (Wildman–Crippen MR) is 90.3 cm³/mol. The van der Waals surface area contributed by atoms with E-state index >= 15 is 0 Å². The molecule has 0 bridgehead atoms. The van der Waals surface area contributed by atoms with Gasteiger partial charge in [0, 0.05) is 24.6 Å². The van der Waals surface area contributed by atoms with Crippen LogP contribution in [-0.4, -0.2) is 44.2 Å². The third-order valence-corrected chi connectivity index (χ3v) is 5.00. The van der Waals surface area contributed by atoms with Crippen molar-refractivity contribution in [1.82, 2.24) is 15.2 Å². The Morgan fingerprint density at radius 3 is 2.83 bits per heavy atom. The molecule has 0 aliphatic carbocycles. The van der Waals surface area contributed by atoms with Gasteiger partial charge in [0.1, 0.15) is 11.6 Å². The van der Waals surface area contributed by atoms with Crippen molar-refractivity contribution in [2.45, 2.75) is 19.3 Å². The molecule has 0 unspecified atom stereocenters. The zero-order valence-corrected chi connectivity index (χ0v) is 13.5. The summed E-state index contributed by atoms with van der Waals surface area (Å²) >= 11 is 0. The number of pyridine rings is 1. The number of piperidine rings is 1. The van der Waals surface area contributed by atoms with Crippen molar-refractivity contribution in [1.29, 1.82) is 0 Å². The Bertz CT molecular complexity index is 743. The van der Waals surface area contributed by atoms with E-state index in [9.17, 15) is 4.79 Å². The zero-order chi connectivity index (χ0) is 16.4. The number of nitrogen functional groups attached to an aromatic ring is 1. The first kappa shape index (κ1) is 16.1. The summed E-state index contributed by atoms with van der Waals surface area (Å²) in [6, 6.07) is 1.84. The van der Waals surface area contributed by atoms with Crippen LogP contribution < -0.4 is 16.2 Å². The van der Waals surface area contributed by atoms with Crippen molar-refractivity contribution < 1.29 is 9.79 Å². The lowest BCUT2D eigenvalue weighted by Gasteiger charge is -2.33. The van der Waals surface area contributed by atoms with E-state index in [2.05, 4.69) is 20.1 Å². The van der Waals surface area contributed by atoms with E-state index in [1.807, 2.05) is 6.07 Å². The molecule has 5 N–H and O–H groups in total. The van der Waals surface area contributed by atoms with Gasteiger partial charge in [0.25, 0.3) is 5.56 Å². The number of nitrogens with one attached hydrogen (secondary N) is 1. The summed E-state index contributed by atoms with van der Waals surface area (Å²) < 4.78 is 0. The summed E-state index contributed by atoms with van der Waals surface area (Å²) in [5.41, 5.74) is 5.60. The molecular formula is C14H20N5O3P. The number of rotatable bonds is 4. The monoisotopic (exact) mass is 337 g/mol. The van der Waals surface area contributed by atoms with Gasteiger partial charge in [-0.3, -0.25) is 4.79 Å². The Balaban J connectivity index is 1.74. The minimum atomic E-state index is -1.79. The second-order valence-corrected chi connectivity index (χ2v) is 7.04. The number of anilines is 2. The van der Waals surface area contributed by atoms with Crippen LogP contribution in [0.25, 0.3) is 10.8 Å². The number of nitrogens with two attached hydrogens (primary N) is 1. The summed E-state index contributed by atoms with van der Waals surface area (Å²) in [5, 5.41) is 7.23. The third kappa shape index (κ3) is 3.60. The van der Waals surface area contributed by atoms with E-state index in [1.54, 1.807) is 6.20 Å². The molecule has 0 atom stereocenters. The highest BCUT2D eigenvalue weighted by Gasteiger charge is 2.21. The van der Waals surface area contributed by atoms with Gasteiger partial charge in [0.2, 0.25) is 0 Å². The Kier molecular flexibility index (Phi) is 4.75. The molecule has 1 saturated heterocycles. The van der Waals surface area contributed by atoms with Gasteiger partial charge in [0.05, 0.1) is 11.6 Å². The van der Waals surface area contributed by atoms with Gasteiger partial charge >= 0.3 is 0 Å². The molecule has 124 valence electrons. The summed E-state index contributed by atoms with van der Waals surface area (Å²) in [7, 11) is -1.79. The van der Waals surface area contributed by atoms with Crippen molar-refractivity contribution in [3.05, 3.63) is 22.6 Å². The summed E-state index contributed by atoms with van der Waals surface area (Å²) in [5.74, 6) is 1.49. The van der Waals surface area contributed by atoms with Crippen molar-refractivity contribution in [3.8, 4) is 0 Å². The molecule has 1 fully saturated rings. The molecule has 2 aromatic rings. The summed E-state index contributed by atoms with van der Waals surface area (Å²) in [6.07, 6.45) is 4.87. The molecule has 9 heteroatoms. The van der Waals surface area contributed by atoms with Crippen molar-refractivity contribution in [3.63, 3.8) is 0 Å². The lowest BCUT2D eigenvalue weighted by Crippen LogP contribution is -2.34. The molecular weight excluding hydrogens is 317 g/mol. The molecule has 3 rings (SSSR count). The first-order valence-corrected chi connectivity index (χ1v) is 9.02. The lowest BCUT2D eigenvalue weighted by atomic mass is 9.94. The fourth-order valence-electron chi connectivity index (χ4n) is 3.05. The minimum Gasteiger partial charge on any atom is -0.383 e. The standard InChI is InChI=1S/C14H20N5O3P/c15-13-12-10(8-16-18-14(12)20)7-11(17-13)19-4-1-9(2-5-19)3-6-23(21)22/h7-9,21-22H,1-6H2,(H2,15,17)(H,18,20). The quantitative estimate of drug-likeness (QED) is 0.608. The molecule has 2 aromatic heterocycles. The van der Waals surface area contributed by atoms with Crippen LogP contribution in [0.1, 0.15) is 19.3 Å². The SMILES string of the molecule is Nc1nc(N2CCC(CCP(O)O)CC2)cc2cn[nH]c(=O)c12. The van der Waals surface area contributed by atoms with Crippen LogP contribution in [0.3, 0.4) is 0 Å². The molecule has 0 saturated carbocycles. The van der Waals surface area contributed by atoms with Gasteiger partial charge < -0.3 is 20.4 Å². The Labute approximate surface area is 134 Å². The third-order valence-electron chi connectivity index (χ3n) is 4.34. The normalized spacial score (nSPS) is 16.4. The predicted octanol–water partition coefficient (Wildman–Crippen LogP) is 0.803. The van der Waals surface area contributed by atoms with Crippen molar-refractivity contribution >= 4 is 30.8 Å². The fraction of sp³-hybridized carbons (Fsp3) is 0.500. The van der Waals surface area contributed by atoms with Crippen LogP contribution in [0.5, 0.6) is 0 Å². The van der Waals surface area contributed by atoms with Crippen molar-refractivity contribution in [2.75, 3.05) is 29.9 Å². The Morgan fingerprint density at radius 2 is 2.13 bits per heavy atom. The lowest BCUT2D eigenvalue weighted by molar-refractivity contribution is 0.386. The molecule has 23 heavy (non-hydrogen) atoms. The van der Waals surface area contributed by atoms with Crippen molar-refractivity contribution in [2.24, 2.45) is 5.92 Å². The maximum Gasteiger partial charge on any atom is 0.275 e. The van der Waals surface area contributed by atoms with Crippen LogP contribution in [0.4, 0.5) is 11.6 Å². The van der Waals surface area contributed by atoms with Crippen LogP contribution in [0.2, 0.25) is 0 Å². The first-order chi connectivity index (χ1) is 11.0. The van der Waals surface area contributed by atoms with E-state index < -0.39 is 8.38 Å². The molecule has 8 nitrogen and oxygen atoms in total. The molecule has 0 aromatic carbocycles. The van der Waals surface area contributed by atoms with Gasteiger partial charge in [-0.15, -0.1) is 0 Å². The van der Waals surface area contributed by atoms with Gasteiger partial charge in [-0.2, -0.15) is 5.10 Å². The molecule has 1 aliphatic rings. The number of H-pyrrole nitrogens is 1. The van der Waals surface area contributed by atoms with E-state index in [-0.39, 0.29) is 11.4 Å². The van der Waals surface area contributed by atoms with Crippen LogP contribution in [-0.2, 0) is 0 Å². The second-order valence-electron chi connectivity index (χ2n) is 5.84. The van der Waals surface area contributed by atoms with Crippen LogP contribution in [0, 0.1) is 5.92 Å². The average Bonchev–Trinajstić information content (AvgIpc) is 2.53. The molecule has 3 heterocycles. The van der Waals surface area contributed by atoms with Crippen LogP contribution in [0.15, 0.2) is 17.1 Å². The highest BCUT2D eigenvalue weighted by molar-refractivity contribution is 7.45. The second kappa shape index (κ2) is 6.78. The molecule has 0 radical (unpaired) electrons. The maximum atomic E-state index is 11.8. The number of hydrogen-bond donors (Lipinski definition) is 4. The highest BCUT2D eigenvalue weighted by atomic mass is 31.2. The fourth-order valence-corrected chi connectivity index (χ4v) is 3.64. The number of aromatic amines is 1. The van der Waals surface area contributed by atoms with E-state index in [0.29, 0.717) is 22.9 Å². The number of nitrogens with zero attached hydrogens (tertiary/aromatic N) is 3. The maximum absolute atomic E-state index is 11.8. The summed E-state index contributed by atoms with van der Waals surface area (Å²) in [6.45, 7) is 1.68. The van der Waals surface area contributed by atoms with Gasteiger partial charge in [0.15, 0.2) is 8.38 Å². The largest absolute Gasteiger partial charge is 0.383 e. The first-order valence-electron chi connectivity index (χ1n) is 7.58. The van der Waals surface area contributed by atoms with E-state index in [0.717, 1.165) is 38.2 Å². The van der Waals surface area contributed by atoms with Gasteiger partial charge in [-0.25, -0.2) is 10.1 Å². The zero-order valence-electron chi connectivity index (χ0n) is 12.6. The molecule has 0 spiro atoms. The topological polar surface area (TPSA) is 128 Å². The smallest absolute Gasteiger partial charge is 0.275 e. The van der Waals surface area contributed by atoms with Gasteiger partial charge in [-0.1, -0.05) is 0 Å². The minimum absolute atomic E-state index is 0.217. The van der Waals surface area contributed by atoms with Crippen LogP contribution >= 0.6 is 8.38 Å². The van der Waals surface area contributed by atoms with E-state index in [1.165, 1.54) is 0 Å². The number of fused-ring (bicyclic) bond motifs is 1. The number of hydrogen-bond acceptors (Lipinski definition) is 7. The Hall–Kier alpha value is -1.76. The number of aromatic nitrogens is 3. The highest BCUT2D eigenvalue weighted by Crippen LogP contribution is 2.31. The molecule has 0 amide bonds. The average molecular weight is 337 g/mol. The van der Waals surface area contributed by atoms with Gasteiger partial charge in [-0.05, 0) is 31.2 Å². The summed E-state index contributed by atoms with van der Waals surface area (Å²) in [4.78, 5) is 36.3. The van der Waals surface area contributed by atoms with E-state index in [4.69, 9.17) is 15.5 Å².